The van der Waals surface area contributed by atoms with E-state index < -0.39 is 23.5 Å². The third-order valence-electron chi connectivity index (χ3n) is 9.40. The van der Waals surface area contributed by atoms with Crippen LogP contribution in [0.25, 0.3) is 10.9 Å². The van der Waals surface area contributed by atoms with E-state index in [0.717, 1.165) is 37.8 Å². The van der Waals surface area contributed by atoms with Crippen LogP contribution in [0.4, 0.5) is 18.0 Å². The first-order valence-electron chi connectivity index (χ1n) is 14.1. The third-order valence-corrected chi connectivity index (χ3v) is 9.40. The predicted molar refractivity (Wildman–Crippen MR) is 145 cm³/mol. The summed E-state index contributed by atoms with van der Waals surface area (Å²) in [5.41, 5.74) is 6.41. The molecule has 3 aromatic rings. The number of aromatic nitrogens is 2. The van der Waals surface area contributed by atoms with E-state index >= 15 is 0 Å². The molecule has 10 heteroatoms. The van der Waals surface area contributed by atoms with E-state index in [2.05, 4.69) is 4.98 Å². The van der Waals surface area contributed by atoms with E-state index in [0.29, 0.717) is 51.0 Å². The zero-order chi connectivity index (χ0) is 28.0. The zero-order valence-electron chi connectivity index (χ0n) is 22.4. The van der Waals surface area contributed by atoms with E-state index in [4.69, 9.17) is 5.73 Å². The van der Waals surface area contributed by atoms with Crippen molar-refractivity contribution in [1.29, 1.82) is 0 Å². The average molecular weight is 554 g/mol. The van der Waals surface area contributed by atoms with Gasteiger partial charge in [-0.1, -0.05) is 12.8 Å². The van der Waals surface area contributed by atoms with Crippen LogP contribution in [-0.4, -0.2) is 51.1 Å². The number of nitrogens with two attached hydrogens (primary N) is 1. The Labute approximate surface area is 230 Å². The van der Waals surface area contributed by atoms with Gasteiger partial charge in [0.25, 0.3) is 5.56 Å². The molecular weight excluding hydrogens is 519 g/mol. The van der Waals surface area contributed by atoms with Gasteiger partial charge in [0.05, 0.1) is 23.3 Å². The number of hydrogen-bond acceptors (Lipinski definition) is 4. The van der Waals surface area contributed by atoms with Gasteiger partial charge in [0.2, 0.25) is 0 Å². The molecule has 2 N–H and O–H groups in total. The Morgan fingerprint density at radius 3 is 2.58 bits per heavy atom. The fraction of sp³-hybridized carbons (Fsp3) is 0.500. The maximum atomic E-state index is 14.8. The molecule has 2 aliphatic heterocycles. The van der Waals surface area contributed by atoms with E-state index in [-0.39, 0.29) is 39.9 Å². The van der Waals surface area contributed by atoms with Gasteiger partial charge >= 0.3 is 6.03 Å². The lowest BCUT2D eigenvalue weighted by Crippen LogP contribution is -2.56. The van der Waals surface area contributed by atoms with Gasteiger partial charge in [-0.3, -0.25) is 9.36 Å². The van der Waals surface area contributed by atoms with E-state index in [1.54, 1.807) is 9.47 Å². The number of fused-ring (bicyclic) bond motifs is 1. The van der Waals surface area contributed by atoms with Gasteiger partial charge in [-0.05, 0) is 79.8 Å². The van der Waals surface area contributed by atoms with Crippen molar-refractivity contribution in [2.75, 3.05) is 19.6 Å². The van der Waals surface area contributed by atoms with Crippen LogP contribution < -0.4 is 11.3 Å². The summed E-state index contributed by atoms with van der Waals surface area (Å²) in [7, 11) is 0. The SMILES string of the molecule is N[C@@H]1CCN(C(=O)N2CC[C@@H](Cn3cnc4ccc(F)cc4c3=O)C3(CCCC3)C2)[C@H](c2cc(F)ccc2F)C1. The number of nitrogens with zero attached hydrogens (tertiary/aromatic N) is 4. The Balaban J connectivity index is 1.25. The van der Waals surface area contributed by atoms with Crippen molar-refractivity contribution in [3.63, 3.8) is 0 Å². The molecule has 1 spiro atoms. The van der Waals surface area contributed by atoms with E-state index in [9.17, 15) is 22.8 Å². The quantitative estimate of drug-likeness (QED) is 0.496. The number of amides is 2. The first kappa shape index (κ1) is 26.8. The Morgan fingerprint density at radius 1 is 1.02 bits per heavy atom. The molecule has 2 saturated heterocycles. The van der Waals surface area contributed by atoms with E-state index in [1.807, 2.05) is 4.90 Å². The maximum absolute atomic E-state index is 14.8. The maximum Gasteiger partial charge on any atom is 0.320 e. The monoisotopic (exact) mass is 553 g/mol. The first-order chi connectivity index (χ1) is 19.2. The van der Waals surface area contributed by atoms with Crippen molar-refractivity contribution in [2.45, 2.75) is 63.6 Å². The Bertz CT molecular complexity index is 1490. The summed E-state index contributed by atoms with van der Waals surface area (Å²) >= 11 is 0. The lowest BCUT2D eigenvalue weighted by Gasteiger charge is -2.49. The van der Waals surface area contributed by atoms with Crippen LogP contribution in [-0.2, 0) is 6.54 Å². The minimum atomic E-state index is -0.633. The van der Waals surface area contributed by atoms with Gasteiger partial charge in [-0.15, -0.1) is 0 Å². The molecule has 1 aliphatic carbocycles. The number of carbonyl (C=O) groups excluding carboxylic acids is 1. The molecular formula is C30H34F3N5O2. The number of halogens is 3. The van der Waals surface area contributed by atoms with Gasteiger partial charge in [-0.25, -0.2) is 22.9 Å². The minimum absolute atomic E-state index is 0.149. The molecule has 1 aromatic heterocycles. The number of rotatable bonds is 3. The summed E-state index contributed by atoms with van der Waals surface area (Å²) in [6, 6.07) is 6.38. The van der Waals surface area contributed by atoms with Gasteiger partial charge in [0.15, 0.2) is 0 Å². The molecule has 3 atom stereocenters. The summed E-state index contributed by atoms with van der Waals surface area (Å²) in [6.07, 6.45) is 7.18. The molecule has 40 heavy (non-hydrogen) atoms. The molecule has 2 amide bonds. The van der Waals surface area contributed by atoms with Crippen molar-refractivity contribution >= 4 is 16.9 Å². The summed E-state index contributed by atoms with van der Waals surface area (Å²) < 4.78 is 44.3. The molecule has 3 fully saturated rings. The van der Waals surface area contributed by atoms with Crippen molar-refractivity contribution in [3.05, 3.63) is 76.1 Å². The molecule has 0 radical (unpaired) electrons. The summed E-state index contributed by atoms with van der Waals surface area (Å²) in [5, 5.41) is 0.259. The standard InChI is InChI=1S/C30H34F3N5O2/c31-20-3-5-25(33)23(13-20)27-15-22(34)8-12-38(27)29(40)36-11-7-19(30(17-36)9-1-2-10-30)16-37-18-35-26-6-4-21(32)14-24(26)28(37)39/h3-6,13-14,18-19,22,27H,1-2,7-12,15-17,34H2/t19-,22+,27-/m0/s1. The highest BCUT2D eigenvalue weighted by Crippen LogP contribution is 2.49. The Kier molecular flexibility index (Phi) is 7.06. The van der Waals surface area contributed by atoms with E-state index in [1.165, 1.54) is 30.6 Å². The van der Waals surface area contributed by atoms with Crippen molar-refractivity contribution in [1.82, 2.24) is 19.4 Å². The van der Waals surface area contributed by atoms with Gasteiger partial charge in [0, 0.05) is 37.8 Å². The number of urea groups is 1. The lowest BCUT2D eigenvalue weighted by molar-refractivity contribution is 0.0212. The number of benzene rings is 2. The highest BCUT2D eigenvalue weighted by Gasteiger charge is 2.47. The lowest BCUT2D eigenvalue weighted by atomic mass is 9.69. The zero-order valence-corrected chi connectivity index (χ0v) is 22.4. The number of hydrogen-bond donors (Lipinski definition) is 1. The van der Waals surface area contributed by atoms with Crippen molar-refractivity contribution in [3.8, 4) is 0 Å². The van der Waals surface area contributed by atoms with Crippen LogP contribution in [0.5, 0.6) is 0 Å². The molecule has 0 unspecified atom stereocenters. The summed E-state index contributed by atoms with van der Waals surface area (Å²) in [6.45, 7) is 1.87. The molecule has 3 heterocycles. The molecule has 7 nitrogen and oxygen atoms in total. The Hall–Kier alpha value is -3.40. The smallest absolute Gasteiger partial charge is 0.320 e. The van der Waals surface area contributed by atoms with Crippen molar-refractivity contribution in [2.24, 2.45) is 17.1 Å². The topological polar surface area (TPSA) is 84.5 Å². The molecule has 2 aromatic carbocycles. The molecule has 6 rings (SSSR count). The highest BCUT2D eigenvalue weighted by molar-refractivity contribution is 5.77. The van der Waals surface area contributed by atoms with Crippen LogP contribution in [0.2, 0.25) is 0 Å². The number of piperidine rings is 2. The minimum Gasteiger partial charge on any atom is -0.328 e. The number of carbonyl (C=O) groups is 1. The second kappa shape index (κ2) is 10.5. The second-order valence-electron chi connectivity index (χ2n) is 11.8. The van der Waals surface area contributed by atoms with Crippen LogP contribution in [0.15, 0.2) is 47.5 Å². The molecule has 212 valence electrons. The largest absolute Gasteiger partial charge is 0.328 e. The predicted octanol–water partition coefficient (Wildman–Crippen LogP) is 4.98. The molecule has 0 bridgehead atoms. The summed E-state index contributed by atoms with van der Waals surface area (Å²) in [4.78, 5) is 35.1. The summed E-state index contributed by atoms with van der Waals surface area (Å²) in [5.74, 6) is -1.41. The Morgan fingerprint density at radius 2 is 1.77 bits per heavy atom. The van der Waals surface area contributed by atoms with Crippen LogP contribution in [0, 0.1) is 28.8 Å². The van der Waals surface area contributed by atoms with Gasteiger partial charge < -0.3 is 15.5 Å². The van der Waals surface area contributed by atoms with Crippen molar-refractivity contribution < 1.29 is 18.0 Å². The third kappa shape index (κ3) is 4.87. The van der Waals surface area contributed by atoms with Gasteiger partial charge in [-0.2, -0.15) is 0 Å². The van der Waals surface area contributed by atoms with Crippen LogP contribution in [0.1, 0.15) is 56.6 Å². The first-order valence-corrected chi connectivity index (χ1v) is 14.1. The fourth-order valence-electron chi connectivity index (χ4n) is 7.27. The van der Waals surface area contributed by atoms with Crippen LogP contribution in [0.3, 0.4) is 0 Å². The highest BCUT2D eigenvalue weighted by atomic mass is 19.1. The normalized spacial score (nSPS) is 24.6. The molecule has 1 saturated carbocycles. The molecule has 3 aliphatic rings. The number of likely N-dealkylation sites (tertiary alicyclic amines) is 2. The van der Waals surface area contributed by atoms with Gasteiger partial charge in [0.1, 0.15) is 17.5 Å². The average Bonchev–Trinajstić information content (AvgIpc) is 3.41. The second-order valence-corrected chi connectivity index (χ2v) is 11.8. The fourth-order valence-corrected chi connectivity index (χ4v) is 7.27. The van der Waals surface area contributed by atoms with Crippen LogP contribution >= 0.6 is 0 Å².